The Hall–Kier alpha value is -0.120. The van der Waals surface area contributed by atoms with Gasteiger partial charge in [-0.3, -0.25) is 4.90 Å². The van der Waals surface area contributed by atoms with Gasteiger partial charge in [-0.05, 0) is 39.9 Å². The zero-order valence-electron chi connectivity index (χ0n) is 8.34. The predicted octanol–water partition coefficient (Wildman–Crippen LogP) is 0.520. The van der Waals surface area contributed by atoms with Gasteiger partial charge in [-0.2, -0.15) is 0 Å². The Morgan fingerprint density at radius 2 is 1.92 bits per heavy atom. The van der Waals surface area contributed by atoms with Gasteiger partial charge < -0.3 is 10.1 Å². The van der Waals surface area contributed by atoms with Crippen molar-refractivity contribution in [3.63, 3.8) is 0 Å². The van der Waals surface area contributed by atoms with E-state index in [1.807, 2.05) is 7.05 Å². The first-order valence-electron chi connectivity index (χ1n) is 4.67. The Morgan fingerprint density at radius 3 is 2.33 bits per heavy atom. The molecule has 0 radical (unpaired) electrons. The third kappa shape index (κ3) is 2.44. The Morgan fingerprint density at radius 1 is 1.33 bits per heavy atom. The lowest BCUT2D eigenvalue weighted by atomic mass is 9.96. The molecule has 0 saturated carbocycles. The molecule has 1 aliphatic heterocycles. The van der Waals surface area contributed by atoms with Gasteiger partial charge in [0.2, 0.25) is 0 Å². The molecule has 1 aliphatic rings. The lowest BCUT2D eigenvalue weighted by molar-refractivity contribution is 0.0302. The minimum absolute atomic E-state index is 0.508. The SMILES string of the molecule is CNC(C1CCOCC1)N(C)C. The summed E-state index contributed by atoms with van der Waals surface area (Å²) in [6.07, 6.45) is 2.88. The normalized spacial score (nSPS) is 23.0. The van der Waals surface area contributed by atoms with E-state index in [-0.39, 0.29) is 0 Å². The fourth-order valence-corrected chi connectivity index (χ4v) is 1.95. The van der Waals surface area contributed by atoms with Gasteiger partial charge in [0.15, 0.2) is 0 Å². The van der Waals surface area contributed by atoms with E-state index < -0.39 is 0 Å². The molecule has 0 amide bonds. The molecule has 1 heterocycles. The van der Waals surface area contributed by atoms with Crippen LogP contribution < -0.4 is 5.32 Å². The van der Waals surface area contributed by atoms with Gasteiger partial charge in [0, 0.05) is 13.2 Å². The summed E-state index contributed by atoms with van der Waals surface area (Å²) in [5.41, 5.74) is 0. The molecule has 1 fully saturated rings. The first-order valence-corrected chi connectivity index (χ1v) is 4.67. The number of nitrogens with one attached hydrogen (secondary N) is 1. The highest BCUT2D eigenvalue weighted by atomic mass is 16.5. The summed E-state index contributed by atoms with van der Waals surface area (Å²) in [5, 5.41) is 3.34. The molecule has 0 aromatic heterocycles. The lowest BCUT2D eigenvalue weighted by Crippen LogP contribution is -2.46. The third-order valence-corrected chi connectivity index (χ3v) is 2.56. The molecule has 1 unspecified atom stereocenters. The van der Waals surface area contributed by atoms with Crippen molar-refractivity contribution >= 4 is 0 Å². The average molecular weight is 172 g/mol. The molecular formula is C9H20N2O. The minimum Gasteiger partial charge on any atom is -0.381 e. The second-order valence-electron chi connectivity index (χ2n) is 3.65. The molecule has 72 valence electrons. The van der Waals surface area contributed by atoms with E-state index in [0.717, 1.165) is 19.1 Å². The molecule has 3 heteroatoms. The molecule has 12 heavy (non-hydrogen) atoms. The second-order valence-corrected chi connectivity index (χ2v) is 3.65. The maximum absolute atomic E-state index is 5.33. The molecule has 3 nitrogen and oxygen atoms in total. The Labute approximate surface area is 75.1 Å². The molecule has 0 spiro atoms. The van der Waals surface area contributed by atoms with Gasteiger partial charge in [-0.1, -0.05) is 0 Å². The van der Waals surface area contributed by atoms with E-state index in [2.05, 4.69) is 24.3 Å². The zero-order chi connectivity index (χ0) is 8.97. The lowest BCUT2D eigenvalue weighted by Gasteiger charge is -2.34. The Balaban J connectivity index is 2.40. The van der Waals surface area contributed by atoms with Gasteiger partial charge in [-0.25, -0.2) is 0 Å². The largest absolute Gasteiger partial charge is 0.381 e. The van der Waals surface area contributed by atoms with Crippen LogP contribution in [-0.2, 0) is 4.74 Å². The third-order valence-electron chi connectivity index (χ3n) is 2.56. The first kappa shape index (κ1) is 9.96. The van der Waals surface area contributed by atoms with E-state index in [4.69, 9.17) is 4.74 Å². The van der Waals surface area contributed by atoms with Crippen LogP contribution >= 0.6 is 0 Å². The number of nitrogens with zero attached hydrogens (tertiary/aromatic N) is 1. The van der Waals surface area contributed by atoms with Crippen molar-refractivity contribution in [2.75, 3.05) is 34.4 Å². The second kappa shape index (κ2) is 4.80. The van der Waals surface area contributed by atoms with Crippen molar-refractivity contribution in [2.24, 2.45) is 5.92 Å². The summed E-state index contributed by atoms with van der Waals surface area (Å²) in [5.74, 6) is 0.749. The van der Waals surface area contributed by atoms with Gasteiger partial charge in [-0.15, -0.1) is 0 Å². The van der Waals surface area contributed by atoms with E-state index in [9.17, 15) is 0 Å². The Kier molecular flexibility index (Phi) is 3.98. The first-order chi connectivity index (χ1) is 5.75. The molecule has 1 saturated heterocycles. The van der Waals surface area contributed by atoms with Crippen molar-refractivity contribution in [3.8, 4) is 0 Å². The van der Waals surface area contributed by atoms with Gasteiger partial charge in [0.1, 0.15) is 0 Å². The van der Waals surface area contributed by atoms with Crippen LogP contribution in [0.1, 0.15) is 12.8 Å². The van der Waals surface area contributed by atoms with Gasteiger partial charge in [0.05, 0.1) is 6.17 Å². The molecule has 0 bridgehead atoms. The average Bonchev–Trinajstić information content (AvgIpc) is 2.07. The topological polar surface area (TPSA) is 24.5 Å². The van der Waals surface area contributed by atoms with Crippen LogP contribution in [0, 0.1) is 5.92 Å². The highest BCUT2D eigenvalue weighted by molar-refractivity contribution is 4.74. The molecule has 1 rings (SSSR count). The summed E-state index contributed by atoms with van der Waals surface area (Å²) in [7, 11) is 6.27. The van der Waals surface area contributed by atoms with Gasteiger partial charge in [0.25, 0.3) is 0 Å². The summed E-state index contributed by atoms with van der Waals surface area (Å²) in [6.45, 7) is 1.85. The number of hydrogen-bond acceptors (Lipinski definition) is 3. The van der Waals surface area contributed by atoms with Crippen molar-refractivity contribution in [2.45, 2.75) is 19.0 Å². The van der Waals surface area contributed by atoms with E-state index >= 15 is 0 Å². The summed E-state index contributed by atoms with van der Waals surface area (Å²) in [4.78, 5) is 2.25. The maximum atomic E-state index is 5.33. The fourth-order valence-electron chi connectivity index (χ4n) is 1.95. The van der Waals surface area contributed by atoms with E-state index in [0.29, 0.717) is 6.17 Å². The Bertz CT molecular complexity index is 122. The molecule has 1 atom stereocenters. The number of rotatable bonds is 3. The van der Waals surface area contributed by atoms with E-state index in [1.54, 1.807) is 0 Å². The van der Waals surface area contributed by atoms with Crippen LogP contribution in [0.2, 0.25) is 0 Å². The summed E-state index contributed by atoms with van der Waals surface area (Å²) >= 11 is 0. The molecule has 0 aromatic carbocycles. The highest BCUT2D eigenvalue weighted by Crippen LogP contribution is 2.19. The van der Waals surface area contributed by atoms with Crippen LogP contribution in [0.15, 0.2) is 0 Å². The molecule has 0 aromatic rings. The fraction of sp³-hybridized carbons (Fsp3) is 1.00. The number of hydrogen-bond donors (Lipinski definition) is 1. The van der Waals surface area contributed by atoms with Crippen molar-refractivity contribution < 1.29 is 4.74 Å². The smallest absolute Gasteiger partial charge is 0.0620 e. The molecule has 0 aliphatic carbocycles. The molecular weight excluding hydrogens is 152 g/mol. The zero-order valence-corrected chi connectivity index (χ0v) is 8.34. The van der Waals surface area contributed by atoms with Crippen LogP contribution in [0.5, 0.6) is 0 Å². The monoisotopic (exact) mass is 172 g/mol. The van der Waals surface area contributed by atoms with Crippen LogP contribution in [-0.4, -0.2) is 45.4 Å². The minimum atomic E-state index is 0.508. The molecule has 1 N–H and O–H groups in total. The number of ether oxygens (including phenoxy) is 1. The standard InChI is InChI=1S/C9H20N2O/c1-10-9(11(2)3)8-4-6-12-7-5-8/h8-10H,4-7H2,1-3H3. The van der Waals surface area contributed by atoms with E-state index in [1.165, 1.54) is 12.8 Å². The van der Waals surface area contributed by atoms with Gasteiger partial charge >= 0.3 is 0 Å². The quantitative estimate of drug-likeness (QED) is 0.628. The maximum Gasteiger partial charge on any atom is 0.0620 e. The highest BCUT2D eigenvalue weighted by Gasteiger charge is 2.23. The summed E-state index contributed by atoms with van der Waals surface area (Å²) < 4.78 is 5.33. The van der Waals surface area contributed by atoms with Crippen molar-refractivity contribution in [1.82, 2.24) is 10.2 Å². The summed E-state index contributed by atoms with van der Waals surface area (Å²) in [6, 6.07) is 0. The predicted molar refractivity (Wildman–Crippen MR) is 50.1 cm³/mol. The van der Waals surface area contributed by atoms with Crippen LogP contribution in [0.25, 0.3) is 0 Å². The van der Waals surface area contributed by atoms with Crippen molar-refractivity contribution in [3.05, 3.63) is 0 Å². The van der Waals surface area contributed by atoms with Crippen LogP contribution in [0.4, 0.5) is 0 Å². The van der Waals surface area contributed by atoms with Crippen LogP contribution in [0.3, 0.4) is 0 Å². The van der Waals surface area contributed by atoms with Crippen molar-refractivity contribution in [1.29, 1.82) is 0 Å².